The minimum Gasteiger partial charge on any atom is -0.507 e. The first kappa shape index (κ1) is 17.7. The Morgan fingerprint density at radius 2 is 2.00 bits per heavy atom. The molecule has 1 aliphatic heterocycles. The Hall–Kier alpha value is -2.08. The van der Waals surface area contributed by atoms with Gasteiger partial charge in [-0.15, -0.1) is 0 Å². The maximum atomic E-state index is 12.8. The van der Waals surface area contributed by atoms with Gasteiger partial charge >= 0.3 is 5.97 Å². The largest absolute Gasteiger partial charge is 0.507 e. The second-order valence-corrected chi connectivity index (χ2v) is 7.91. The van der Waals surface area contributed by atoms with Crippen LogP contribution in [0.15, 0.2) is 23.3 Å². The van der Waals surface area contributed by atoms with Crippen molar-refractivity contribution < 1.29 is 19.4 Å². The van der Waals surface area contributed by atoms with E-state index in [2.05, 4.69) is 10.5 Å². The summed E-state index contributed by atoms with van der Waals surface area (Å²) in [6.07, 6.45) is 1.06. The lowest BCUT2D eigenvalue weighted by Crippen LogP contribution is -2.52. The molecule has 0 radical (unpaired) electrons. The molecule has 1 aromatic carbocycles. The van der Waals surface area contributed by atoms with Gasteiger partial charge in [0.05, 0.1) is 11.1 Å². The number of phenols is 1. The molecule has 1 saturated heterocycles. The van der Waals surface area contributed by atoms with E-state index in [1.54, 1.807) is 19.1 Å². The number of benzene rings is 1. The lowest BCUT2D eigenvalue weighted by Gasteiger charge is -2.34. The third-order valence-corrected chi connectivity index (χ3v) is 6.36. The number of nitrogens with zero attached hydrogens (tertiary/aromatic N) is 1. The van der Waals surface area contributed by atoms with Gasteiger partial charge in [-0.25, -0.2) is 5.43 Å². The molecule has 2 atom stereocenters. The van der Waals surface area contributed by atoms with Gasteiger partial charge in [0.2, 0.25) is 0 Å². The summed E-state index contributed by atoms with van der Waals surface area (Å²) in [5.74, 6) is -0.779. The molecule has 2 fully saturated rings. The number of ether oxygens (including phenoxy) is 1. The Morgan fingerprint density at radius 3 is 2.56 bits per heavy atom. The van der Waals surface area contributed by atoms with Crippen LogP contribution in [0.3, 0.4) is 0 Å². The molecule has 2 N–H and O–H groups in total. The summed E-state index contributed by atoms with van der Waals surface area (Å²) in [4.78, 5) is 25.1. The van der Waals surface area contributed by atoms with Crippen LogP contribution in [0.2, 0.25) is 5.02 Å². The SMILES string of the molecule is CC(=NNC(=O)C12CCC(C)(C(=O)O1)C2(C)C)c1cc(Cl)ccc1O. The van der Waals surface area contributed by atoms with Gasteiger partial charge in [-0.2, -0.15) is 5.10 Å². The molecule has 1 heterocycles. The summed E-state index contributed by atoms with van der Waals surface area (Å²) in [6, 6.07) is 4.58. The summed E-state index contributed by atoms with van der Waals surface area (Å²) in [7, 11) is 0. The van der Waals surface area contributed by atoms with Crippen molar-refractivity contribution in [2.75, 3.05) is 0 Å². The Kier molecular flexibility index (Phi) is 3.87. The minimum absolute atomic E-state index is 0.0131. The van der Waals surface area contributed by atoms with Crippen LogP contribution in [-0.4, -0.2) is 28.3 Å². The standard InChI is InChI=1S/C18H21ClN2O4/c1-10(12-9-11(19)5-6-13(12)22)20-21-14(23)18-8-7-17(4,15(24)25-18)16(18,2)3/h5-6,9,22H,7-8H2,1-4H3,(H,21,23). The number of phenolic OH excluding ortho intramolecular Hbond substituents is 1. The predicted octanol–water partition coefficient (Wildman–Crippen LogP) is 3.01. The van der Waals surface area contributed by atoms with Gasteiger partial charge in [-0.3, -0.25) is 9.59 Å². The number of carbonyl (C=O) groups is 2. The van der Waals surface area contributed by atoms with Crippen molar-refractivity contribution >= 4 is 29.2 Å². The van der Waals surface area contributed by atoms with Gasteiger partial charge < -0.3 is 9.84 Å². The van der Waals surface area contributed by atoms with E-state index in [0.717, 1.165) is 0 Å². The van der Waals surface area contributed by atoms with Crippen LogP contribution in [0.5, 0.6) is 5.75 Å². The topological polar surface area (TPSA) is 88.0 Å². The van der Waals surface area contributed by atoms with E-state index in [4.69, 9.17) is 16.3 Å². The minimum atomic E-state index is -1.22. The number of carbonyl (C=O) groups excluding carboxylic acids is 2. The molecule has 1 saturated carbocycles. The highest BCUT2D eigenvalue weighted by Gasteiger charge is 2.75. The number of esters is 1. The Bertz CT molecular complexity index is 804. The molecule has 1 aromatic rings. The highest BCUT2D eigenvalue weighted by Crippen LogP contribution is 2.65. The van der Waals surface area contributed by atoms with Crippen molar-refractivity contribution in [3.63, 3.8) is 0 Å². The summed E-state index contributed by atoms with van der Waals surface area (Å²) in [5.41, 5.74) is 0.784. The Labute approximate surface area is 151 Å². The van der Waals surface area contributed by atoms with Gasteiger partial charge in [-0.05, 0) is 44.9 Å². The zero-order valence-electron chi connectivity index (χ0n) is 14.6. The number of hydrogen-bond acceptors (Lipinski definition) is 5. The first-order valence-electron chi connectivity index (χ1n) is 8.12. The number of nitrogens with one attached hydrogen (secondary N) is 1. The number of aromatic hydroxyl groups is 1. The summed E-state index contributed by atoms with van der Waals surface area (Å²) in [6.45, 7) is 7.25. The fourth-order valence-corrected chi connectivity index (χ4v) is 4.00. The van der Waals surface area contributed by atoms with Crippen molar-refractivity contribution in [1.82, 2.24) is 5.43 Å². The number of fused-ring (bicyclic) bond motifs is 2. The van der Waals surface area contributed by atoms with Crippen molar-refractivity contribution in [3.8, 4) is 5.75 Å². The highest BCUT2D eigenvalue weighted by atomic mass is 35.5. The van der Waals surface area contributed by atoms with E-state index in [-0.39, 0.29) is 11.7 Å². The van der Waals surface area contributed by atoms with Gasteiger partial charge in [-0.1, -0.05) is 25.4 Å². The van der Waals surface area contributed by atoms with Crippen molar-refractivity contribution in [1.29, 1.82) is 0 Å². The summed E-state index contributed by atoms with van der Waals surface area (Å²) in [5, 5.41) is 14.4. The van der Waals surface area contributed by atoms with Crippen molar-refractivity contribution in [2.45, 2.75) is 46.1 Å². The zero-order valence-corrected chi connectivity index (χ0v) is 15.4. The van der Waals surface area contributed by atoms with E-state index < -0.39 is 22.3 Å². The smallest absolute Gasteiger partial charge is 0.313 e. The van der Waals surface area contributed by atoms with Crippen molar-refractivity contribution in [2.24, 2.45) is 15.9 Å². The van der Waals surface area contributed by atoms with Crippen LogP contribution >= 0.6 is 11.6 Å². The van der Waals surface area contributed by atoms with Crippen molar-refractivity contribution in [3.05, 3.63) is 28.8 Å². The molecule has 1 aliphatic carbocycles. The lowest BCUT2D eigenvalue weighted by molar-refractivity contribution is -0.168. The fourth-order valence-electron chi connectivity index (χ4n) is 3.83. The first-order chi connectivity index (χ1) is 11.5. The van der Waals surface area contributed by atoms with E-state index in [1.165, 1.54) is 6.07 Å². The number of amides is 1. The molecule has 0 spiro atoms. The zero-order chi connectivity index (χ0) is 18.6. The average Bonchev–Trinajstić information content (AvgIpc) is 2.85. The maximum Gasteiger partial charge on any atom is 0.313 e. The second-order valence-electron chi connectivity index (χ2n) is 7.47. The maximum absolute atomic E-state index is 12.8. The number of rotatable bonds is 3. The fraction of sp³-hybridized carbons (Fsp3) is 0.500. The van der Waals surface area contributed by atoms with E-state index in [0.29, 0.717) is 29.1 Å². The predicted molar refractivity (Wildman–Crippen MR) is 93.4 cm³/mol. The Morgan fingerprint density at radius 1 is 1.32 bits per heavy atom. The van der Waals surface area contributed by atoms with Gasteiger partial charge in [0.15, 0.2) is 5.60 Å². The molecule has 1 amide bonds. The Balaban J connectivity index is 1.86. The van der Waals surface area contributed by atoms with E-state index in [1.807, 2.05) is 20.8 Å². The van der Waals surface area contributed by atoms with Gasteiger partial charge in [0, 0.05) is 16.0 Å². The molecule has 3 rings (SSSR count). The molecule has 2 bridgehead atoms. The molecule has 134 valence electrons. The second kappa shape index (κ2) is 5.46. The molecule has 6 nitrogen and oxygen atoms in total. The molecule has 0 aromatic heterocycles. The van der Waals surface area contributed by atoms with Crippen LogP contribution in [0.1, 0.15) is 46.1 Å². The molecular formula is C18H21ClN2O4. The van der Waals surface area contributed by atoms with E-state index in [9.17, 15) is 14.7 Å². The first-order valence-corrected chi connectivity index (χ1v) is 8.50. The molecule has 7 heteroatoms. The lowest BCUT2D eigenvalue weighted by atomic mass is 9.66. The number of hydrogen-bond donors (Lipinski definition) is 2. The van der Waals surface area contributed by atoms with Crippen LogP contribution in [-0.2, 0) is 14.3 Å². The van der Waals surface area contributed by atoms with Gasteiger partial charge in [0.25, 0.3) is 5.91 Å². The summed E-state index contributed by atoms with van der Waals surface area (Å²) < 4.78 is 5.52. The third-order valence-electron chi connectivity index (χ3n) is 6.12. The normalized spacial score (nSPS) is 30.3. The van der Waals surface area contributed by atoms with Crippen LogP contribution in [0, 0.1) is 10.8 Å². The molecule has 2 aliphatic rings. The average molecular weight is 365 g/mol. The number of halogens is 1. The van der Waals surface area contributed by atoms with E-state index >= 15 is 0 Å². The van der Waals surface area contributed by atoms with Crippen LogP contribution in [0.25, 0.3) is 0 Å². The van der Waals surface area contributed by atoms with Crippen LogP contribution in [0.4, 0.5) is 0 Å². The summed E-state index contributed by atoms with van der Waals surface area (Å²) >= 11 is 5.94. The quantitative estimate of drug-likeness (QED) is 0.490. The highest BCUT2D eigenvalue weighted by molar-refractivity contribution is 6.31. The monoisotopic (exact) mass is 364 g/mol. The molecule has 2 unspecified atom stereocenters. The van der Waals surface area contributed by atoms with Gasteiger partial charge in [0.1, 0.15) is 5.75 Å². The number of hydrazone groups is 1. The third kappa shape index (κ3) is 2.27. The molecular weight excluding hydrogens is 344 g/mol. The van der Waals surface area contributed by atoms with Crippen LogP contribution < -0.4 is 5.43 Å². The molecule has 25 heavy (non-hydrogen) atoms.